The molecule has 1 unspecified atom stereocenters. The lowest BCUT2D eigenvalue weighted by molar-refractivity contribution is 0.0248. The summed E-state index contributed by atoms with van der Waals surface area (Å²) in [6.45, 7) is 16.4. The van der Waals surface area contributed by atoms with Crippen LogP contribution in [0.4, 0.5) is 0 Å². The van der Waals surface area contributed by atoms with Gasteiger partial charge in [0.2, 0.25) is 0 Å². The van der Waals surface area contributed by atoms with Crippen LogP contribution in [0, 0.1) is 5.92 Å². The zero-order chi connectivity index (χ0) is 15.9. The van der Waals surface area contributed by atoms with E-state index in [-0.39, 0.29) is 0 Å². The van der Waals surface area contributed by atoms with E-state index in [2.05, 4.69) is 35.5 Å². The van der Waals surface area contributed by atoms with Gasteiger partial charge in [0.15, 0.2) is 0 Å². The summed E-state index contributed by atoms with van der Waals surface area (Å²) in [5.41, 5.74) is 0. The Morgan fingerprint density at radius 2 is 1.82 bits per heavy atom. The second-order valence-electron chi connectivity index (χ2n) is 7.40. The van der Waals surface area contributed by atoms with Crippen molar-refractivity contribution in [2.24, 2.45) is 5.92 Å². The number of likely N-dealkylation sites (tertiary alicyclic amines) is 1. The van der Waals surface area contributed by atoms with Crippen LogP contribution in [0.3, 0.4) is 0 Å². The molecule has 0 radical (unpaired) electrons. The Bertz CT molecular complexity index is 303. The quantitative estimate of drug-likeness (QED) is 0.717. The molecule has 130 valence electrons. The highest BCUT2D eigenvalue weighted by Gasteiger charge is 2.27. The van der Waals surface area contributed by atoms with Crippen LogP contribution in [-0.4, -0.2) is 86.3 Å². The number of methoxy groups -OCH3 is 1. The van der Waals surface area contributed by atoms with Gasteiger partial charge in [-0.2, -0.15) is 0 Å². The van der Waals surface area contributed by atoms with E-state index in [0.29, 0.717) is 6.04 Å². The monoisotopic (exact) mass is 311 g/mol. The first kappa shape index (κ1) is 18.2. The van der Waals surface area contributed by atoms with Crippen molar-refractivity contribution in [3.63, 3.8) is 0 Å². The number of hydrogen-bond donors (Lipinski definition) is 0. The molecule has 0 aliphatic carbocycles. The van der Waals surface area contributed by atoms with E-state index in [1.807, 2.05) is 7.11 Å². The van der Waals surface area contributed by atoms with Crippen molar-refractivity contribution in [2.45, 2.75) is 52.1 Å². The minimum absolute atomic E-state index is 0.589. The number of piperazine rings is 1. The van der Waals surface area contributed by atoms with Crippen LogP contribution in [0.25, 0.3) is 0 Å². The Hall–Kier alpha value is -0.160. The van der Waals surface area contributed by atoms with Gasteiger partial charge >= 0.3 is 0 Å². The molecule has 2 aliphatic rings. The Morgan fingerprint density at radius 1 is 1.09 bits per heavy atom. The standard InChI is InChI=1S/C18H37N3O/c1-5-20-13-12-19(14-18(20)15-22-4)9-6-17-7-10-21(11-8-17)16(2)3/h16-18H,5-15H2,1-4H3. The fourth-order valence-corrected chi connectivity index (χ4v) is 4.05. The number of likely N-dealkylation sites (N-methyl/N-ethyl adjacent to an activating group) is 1. The van der Waals surface area contributed by atoms with Gasteiger partial charge in [0.1, 0.15) is 0 Å². The van der Waals surface area contributed by atoms with E-state index in [1.54, 1.807) is 0 Å². The fraction of sp³-hybridized carbons (Fsp3) is 1.00. The van der Waals surface area contributed by atoms with Crippen molar-refractivity contribution in [1.29, 1.82) is 0 Å². The second kappa shape index (κ2) is 9.21. The number of hydrogen-bond acceptors (Lipinski definition) is 4. The van der Waals surface area contributed by atoms with Gasteiger partial charge in [-0.15, -0.1) is 0 Å². The molecule has 4 heteroatoms. The SMILES string of the molecule is CCN1CCN(CCC2CCN(C(C)C)CC2)CC1COC. The van der Waals surface area contributed by atoms with Crippen LogP contribution in [0.15, 0.2) is 0 Å². The molecular formula is C18H37N3O. The molecule has 0 aromatic rings. The number of nitrogens with zero attached hydrogens (tertiary/aromatic N) is 3. The van der Waals surface area contributed by atoms with Gasteiger partial charge in [0, 0.05) is 38.8 Å². The second-order valence-corrected chi connectivity index (χ2v) is 7.40. The minimum atomic E-state index is 0.589. The molecule has 0 aromatic carbocycles. The lowest BCUT2D eigenvalue weighted by Gasteiger charge is -2.41. The largest absolute Gasteiger partial charge is 0.383 e. The van der Waals surface area contributed by atoms with Crippen molar-refractivity contribution in [2.75, 3.05) is 59.5 Å². The highest BCUT2D eigenvalue weighted by atomic mass is 16.5. The summed E-state index contributed by atoms with van der Waals surface area (Å²) in [6, 6.07) is 1.31. The van der Waals surface area contributed by atoms with Gasteiger partial charge in [-0.3, -0.25) is 4.90 Å². The molecule has 22 heavy (non-hydrogen) atoms. The highest BCUT2D eigenvalue weighted by molar-refractivity contribution is 4.82. The van der Waals surface area contributed by atoms with Crippen molar-refractivity contribution >= 4 is 0 Å². The van der Waals surface area contributed by atoms with Gasteiger partial charge in [0.25, 0.3) is 0 Å². The molecule has 2 aliphatic heterocycles. The molecule has 2 rings (SSSR count). The zero-order valence-corrected chi connectivity index (χ0v) is 15.3. The van der Waals surface area contributed by atoms with E-state index in [9.17, 15) is 0 Å². The maximum atomic E-state index is 5.42. The van der Waals surface area contributed by atoms with Crippen molar-refractivity contribution < 1.29 is 4.74 Å². The first-order chi connectivity index (χ1) is 10.6. The van der Waals surface area contributed by atoms with Crippen molar-refractivity contribution in [3.05, 3.63) is 0 Å². The van der Waals surface area contributed by atoms with E-state index in [4.69, 9.17) is 4.74 Å². The Kier molecular flexibility index (Phi) is 7.61. The van der Waals surface area contributed by atoms with Gasteiger partial charge in [-0.05, 0) is 65.2 Å². The van der Waals surface area contributed by atoms with Crippen LogP contribution in [-0.2, 0) is 4.74 Å². The van der Waals surface area contributed by atoms with E-state index in [1.165, 1.54) is 58.5 Å². The van der Waals surface area contributed by atoms with E-state index < -0.39 is 0 Å². The molecule has 0 amide bonds. The summed E-state index contributed by atoms with van der Waals surface area (Å²) >= 11 is 0. The molecule has 1 atom stereocenters. The average molecular weight is 312 g/mol. The summed E-state index contributed by atoms with van der Waals surface area (Å²) in [5.74, 6) is 0.945. The molecule has 2 saturated heterocycles. The molecule has 4 nitrogen and oxygen atoms in total. The van der Waals surface area contributed by atoms with Crippen molar-refractivity contribution in [1.82, 2.24) is 14.7 Å². The van der Waals surface area contributed by atoms with Gasteiger partial charge in [-0.25, -0.2) is 0 Å². The first-order valence-corrected chi connectivity index (χ1v) is 9.33. The summed E-state index contributed by atoms with van der Waals surface area (Å²) in [7, 11) is 1.83. The van der Waals surface area contributed by atoms with Crippen LogP contribution in [0.1, 0.15) is 40.0 Å². The maximum Gasteiger partial charge on any atom is 0.0630 e. The van der Waals surface area contributed by atoms with Crippen LogP contribution in [0.2, 0.25) is 0 Å². The molecular weight excluding hydrogens is 274 g/mol. The predicted octanol–water partition coefficient (Wildman–Crippen LogP) is 2.15. The molecule has 2 heterocycles. The normalized spacial score (nSPS) is 26.9. The highest BCUT2D eigenvalue weighted by Crippen LogP contribution is 2.22. The molecule has 2 fully saturated rings. The molecule has 0 bridgehead atoms. The molecule has 0 saturated carbocycles. The fourth-order valence-electron chi connectivity index (χ4n) is 4.05. The van der Waals surface area contributed by atoms with E-state index >= 15 is 0 Å². The summed E-state index contributed by atoms with van der Waals surface area (Å²) in [6.07, 6.45) is 4.18. The number of rotatable bonds is 7. The van der Waals surface area contributed by atoms with Crippen LogP contribution in [0.5, 0.6) is 0 Å². The predicted molar refractivity (Wildman–Crippen MR) is 93.4 cm³/mol. The van der Waals surface area contributed by atoms with Crippen LogP contribution >= 0.6 is 0 Å². The summed E-state index contributed by atoms with van der Waals surface area (Å²) in [5, 5.41) is 0. The molecule has 0 aromatic heterocycles. The average Bonchev–Trinajstić information content (AvgIpc) is 2.54. The van der Waals surface area contributed by atoms with Crippen molar-refractivity contribution in [3.8, 4) is 0 Å². The molecule has 0 N–H and O–H groups in total. The lowest BCUT2D eigenvalue weighted by Crippen LogP contribution is -2.55. The topological polar surface area (TPSA) is 19.0 Å². The third kappa shape index (κ3) is 5.19. The maximum absolute atomic E-state index is 5.42. The third-order valence-electron chi connectivity index (χ3n) is 5.69. The summed E-state index contributed by atoms with van der Waals surface area (Å²) < 4.78 is 5.42. The van der Waals surface area contributed by atoms with Gasteiger partial charge < -0.3 is 14.5 Å². The Labute approximate surface area is 137 Å². The van der Waals surface area contributed by atoms with E-state index in [0.717, 1.165) is 25.1 Å². The third-order valence-corrected chi connectivity index (χ3v) is 5.69. The van der Waals surface area contributed by atoms with Gasteiger partial charge in [-0.1, -0.05) is 6.92 Å². The Morgan fingerprint density at radius 3 is 2.41 bits per heavy atom. The van der Waals surface area contributed by atoms with Crippen LogP contribution < -0.4 is 0 Å². The Balaban J connectivity index is 1.69. The first-order valence-electron chi connectivity index (χ1n) is 9.33. The minimum Gasteiger partial charge on any atom is -0.383 e. The molecule has 0 spiro atoms. The number of piperidine rings is 1. The number of ether oxygens (including phenoxy) is 1. The summed E-state index contributed by atoms with van der Waals surface area (Å²) in [4.78, 5) is 7.87. The zero-order valence-electron chi connectivity index (χ0n) is 15.3. The lowest BCUT2D eigenvalue weighted by atomic mass is 9.92. The smallest absolute Gasteiger partial charge is 0.0630 e. The van der Waals surface area contributed by atoms with Gasteiger partial charge in [0.05, 0.1) is 6.61 Å².